The molecule has 0 heterocycles. The van der Waals surface area contributed by atoms with Gasteiger partial charge in [0.2, 0.25) is 0 Å². The number of hydrogen-bond acceptors (Lipinski definition) is 1. The Morgan fingerprint density at radius 1 is 0.810 bits per heavy atom. The largest absolute Gasteiger partial charge is 0.340 e. The lowest BCUT2D eigenvalue weighted by molar-refractivity contribution is -0.224. The molecule has 0 amide bonds. The van der Waals surface area contributed by atoms with Gasteiger partial charge in [-0.2, -0.15) is 17.6 Å². The third kappa shape index (κ3) is 2.55. The zero-order valence-corrected chi connectivity index (χ0v) is 11.1. The molecular weight excluding hydrogens is 284 g/mol. The van der Waals surface area contributed by atoms with E-state index in [0.29, 0.717) is 0 Å². The first-order valence-electron chi connectivity index (χ1n) is 6.20. The Hall–Kier alpha value is -2.17. The van der Waals surface area contributed by atoms with Crippen molar-refractivity contribution in [3.63, 3.8) is 0 Å². The molecule has 0 atom stereocenters. The van der Waals surface area contributed by atoms with Crippen LogP contribution in [0.15, 0.2) is 54.6 Å². The number of rotatable bonds is 4. The first-order valence-corrected chi connectivity index (χ1v) is 6.20. The van der Waals surface area contributed by atoms with E-state index in [1.165, 1.54) is 30.3 Å². The molecule has 0 radical (unpaired) electrons. The Morgan fingerprint density at radius 3 is 1.90 bits per heavy atom. The molecule has 0 saturated carbocycles. The van der Waals surface area contributed by atoms with E-state index < -0.39 is 34.3 Å². The van der Waals surface area contributed by atoms with Crippen LogP contribution in [0.3, 0.4) is 0 Å². The Kier molecular flexibility index (Phi) is 3.85. The lowest BCUT2D eigenvalue weighted by atomic mass is 9.91. The SMILES string of the molecule is CC(=O)c1ccccc1C(F)(F)C(F)(F)c1ccccc1. The van der Waals surface area contributed by atoms with Gasteiger partial charge in [-0.1, -0.05) is 54.6 Å². The summed E-state index contributed by atoms with van der Waals surface area (Å²) in [6.07, 6.45) is 0. The standard InChI is InChI=1S/C16H12F4O/c1-11(21)13-9-5-6-10-14(13)16(19,20)15(17,18)12-7-3-2-4-8-12/h2-10H,1H3. The molecule has 2 rings (SSSR count). The predicted octanol–water partition coefficient (Wildman–Crippen LogP) is 4.77. The van der Waals surface area contributed by atoms with Crippen molar-refractivity contribution in [3.8, 4) is 0 Å². The number of carbonyl (C=O) groups is 1. The van der Waals surface area contributed by atoms with Crippen LogP contribution in [0.4, 0.5) is 17.6 Å². The van der Waals surface area contributed by atoms with E-state index in [1.54, 1.807) is 0 Å². The van der Waals surface area contributed by atoms with Gasteiger partial charge in [-0.05, 0) is 6.92 Å². The highest BCUT2D eigenvalue weighted by Crippen LogP contribution is 2.50. The van der Waals surface area contributed by atoms with Crippen LogP contribution in [0.1, 0.15) is 28.4 Å². The third-order valence-corrected chi connectivity index (χ3v) is 3.18. The minimum atomic E-state index is -4.49. The van der Waals surface area contributed by atoms with Crippen LogP contribution >= 0.6 is 0 Å². The van der Waals surface area contributed by atoms with Crippen molar-refractivity contribution in [3.05, 3.63) is 71.3 Å². The minimum Gasteiger partial charge on any atom is -0.294 e. The molecular formula is C16H12F4O. The summed E-state index contributed by atoms with van der Waals surface area (Å²) in [7, 11) is 0. The van der Waals surface area contributed by atoms with Gasteiger partial charge in [0.1, 0.15) is 0 Å². The second kappa shape index (κ2) is 5.31. The lowest BCUT2D eigenvalue weighted by Crippen LogP contribution is -2.36. The summed E-state index contributed by atoms with van der Waals surface area (Å²) in [5.41, 5.74) is -2.17. The van der Waals surface area contributed by atoms with E-state index in [9.17, 15) is 22.4 Å². The van der Waals surface area contributed by atoms with E-state index in [0.717, 1.165) is 31.2 Å². The number of Topliss-reactive ketones (excluding diaryl/α,β-unsaturated/α-hetero) is 1. The van der Waals surface area contributed by atoms with Gasteiger partial charge in [0, 0.05) is 16.7 Å². The number of carbonyl (C=O) groups excluding carboxylic acids is 1. The highest BCUT2D eigenvalue weighted by molar-refractivity contribution is 5.95. The smallest absolute Gasteiger partial charge is 0.294 e. The van der Waals surface area contributed by atoms with Crippen molar-refractivity contribution in [1.29, 1.82) is 0 Å². The molecule has 21 heavy (non-hydrogen) atoms. The van der Waals surface area contributed by atoms with Gasteiger partial charge in [-0.3, -0.25) is 4.79 Å². The van der Waals surface area contributed by atoms with Gasteiger partial charge < -0.3 is 0 Å². The topological polar surface area (TPSA) is 17.1 Å². The van der Waals surface area contributed by atoms with Crippen LogP contribution in [-0.2, 0) is 11.8 Å². The first-order chi connectivity index (χ1) is 9.78. The number of alkyl halides is 4. The quantitative estimate of drug-likeness (QED) is 0.586. The van der Waals surface area contributed by atoms with E-state index in [1.807, 2.05) is 0 Å². The second-order valence-corrected chi connectivity index (χ2v) is 4.62. The third-order valence-electron chi connectivity index (χ3n) is 3.18. The molecule has 0 N–H and O–H groups in total. The predicted molar refractivity (Wildman–Crippen MR) is 70.7 cm³/mol. The van der Waals surface area contributed by atoms with Gasteiger partial charge in [0.05, 0.1) is 0 Å². The van der Waals surface area contributed by atoms with Crippen molar-refractivity contribution >= 4 is 5.78 Å². The molecule has 0 bridgehead atoms. The first kappa shape index (κ1) is 15.2. The van der Waals surface area contributed by atoms with Gasteiger partial charge in [0.15, 0.2) is 5.78 Å². The van der Waals surface area contributed by atoms with E-state index in [2.05, 4.69) is 0 Å². The molecule has 0 aromatic heterocycles. The van der Waals surface area contributed by atoms with E-state index >= 15 is 0 Å². The zero-order chi connectivity index (χ0) is 15.7. The number of benzene rings is 2. The molecule has 0 aliphatic carbocycles. The molecule has 1 nitrogen and oxygen atoms in total. The van der Waals surface area contributed by atoms with Gasteiger partial charge >= 0.3 is 11.8 Å². The number of hydrogen-bond donors (Lipinski definition) is 0. The van der Waals surface area contributed by atoms with Crippen LogP contribution in [0.5, 0.6) is 0 Å². The van der Waals surface area contributed by atoms with Crippen molar-refractivity contribution in [2.45, 2.75) is 18.8 Å². The monoisotopic (exact) mass is 296 g/mol. The minimum absolute atomic E-state index is 0.405. The normalized spacial score (nSPS) is 12.2. The summed E-state index contributed by atoms with van der Waals surface area (Å²) in [5.74, 6) is -9.59. The van der Waals surface area contributed by atoms with Gasteiger partial charge in [0.25, 0.3) is 0 Å². The molecule has 2 aromatic carbocycles. The molecule has 5 heteroatoms. The molecule has 0 spiro atoms. The summed E-state index contributed by atoms with van der Waals surface area (Å²) in [6.45, 7) is 1.07. The van der Waals surface area contributed by atoms with Crippen LogP contribution in [0, 0.1) is 0 Å². The molecule has 0 fully saturated rings. The van der Waals surface area contributed by atoms with Gasteiger partial charge in [-0.25, -0.2) is 0 Å². The van der Waals surface area contributed by atoms with E-state index in [4.69, 9.17) is 0 Å². The summed E-state index contributed by atoms with van der Waals surface area (Å²) in [5, 5.41) is 0. The van der Waals surface area contributed by atoms with Crippen molar-refractivity contribution in [2.24, 2.45) is 0 Å². The number of halogens is 4. The van der Waals surface area contributed by atoms with Crippen molar-refractivity contribution in [1.82, 2.24) is 0 Å². The van der Waals surface area contributed by atoms with Crippen LogP contribution in [0.25, 0.3) is 0 Å². The molecule has 0 saturated heterocycles. The molecule has 110 valence electrons. The molecule has 0 aliphatic rings. The van der Waals surface area contributed by atoms with E-state index in [-0.39, 0.29) is 0 Å². The summed E-state index contributed by atoms with van der Waals surface area (Å²) in [4.78, 5) is 11.4. The Morgan fingerprint density at radius 2 is 1.33 bits per heavy atom. The molecule has 2 aromatic rings. The van der Waals surface area contributed by atoms with Crippen LogP contribution < -0.4 is 0 Å². The number of ketones is 1. The Balaban J connectivity index is 2.59. The van der Waals surface area contributed by atoms with Gasteiger partial charge in [-0.15, -0.1) is 0 Å². The average Bonchev–Trinajstić information content (AvgIpc) is 2.48. The Bertz CT molecular complexity index is 650. The lowest BCUT2D eigenvalue weighted by Gasteiger charge is -2.28. The summed E-state index contributed by atoms with van der Waals surface area (Å²) in [6, 6.07) is 10.4. The van der Waals surface area contributed by atoms with Crippen molar-refractivity contribution in [2.75, 3.05) is 0 Å². The van der Waals surface area contributed by atoms with Crippen LogP contribution in [0.2, 0.25) is 0 Å². The maximum Gasteiger partial charge on any atom is 0.340 e. The maximum atomic E-state index is 14.3. The molecule has 0 aliphatic heterocycles. The zero-order valence-electron chi connectivity index (χ0n) is 11.1. The second-order valence-electron chi connectivity index (χ2n) is 4.62. The maximum absolute atomic E-state index is 14.3. The average molecular weight is 296 g/mol. The fraction of sp³-hybridized carbons (Fsp3) is 0.188. The fourth-order valence-electron chi connectivity index (χ4n) is 2.06. The highest BCUT2D eigenvalue weighted by atomic mass is 19.3. The summed E-state index contributed by atoms with van der Waals surface area (Å²) >= 11 is 0. The van der Waals surface area contributed by atoms with Crippen LogP contribution in [-0.4, -0.2) is 5.78 Å². The fourth-order valence-corrected chi connectivity index (χ4v) is 2.06. The van der Waals surface area contributed by atoms with Crippen molar-refractivity contribution < 1.29 is 22.4 Å². The highest BCUT2D eigenvalue weighted by Gasteiger charge is 2.59. The summed E-state index contributed by atoms with van der Waals surface area (Å²) < 4.78 is 57.1. The Labute approximate surface area is 119 Å². The molecule has 0 unspecified atom stereocenters.